The molecule has 2 aromatic rings. The van der Waals surface area contributed by atoms with E-state index in [2.05, 4.69) is 77.3 Å². The van der Waals surface area contributed by atoms with Crippen LogP contribution < -0.4 is 5.32 Å². The zero-order valence-corrected chi connectivity index (χ0v) is 13.2. The lowest BCUT2D eigenvalue weighted by atomic mass is 10.1. The standard InChI is InChI=1S/C16H19BrN2/c1-4-13-5-7-14(8-6-13)12(3)19-16-9-11(2)15(17)10-18-16/h5-10,12H,4H2,1-3H3,(H,18,19). The van der Waals surface area contributed by atoms with Crippen molar-refractivity contribution < 1.29 is 0 Å². The second-order valence-corrected chi connectivity index (χ2v) is 5.63. The molecule has 0 saturated carbocycles. The molecule has 0 aliphatic carbocycles. The van der Waals surface area contributed by atoms with Gasteiger partial charge in [-0.25, -0.2) is 4.98 Å². The normalized spacial score (nSPS) is 12.2. The summed E-state index contributed by atoms with van der Waals surface area (Å²) in [7, 11) is 0. The van der Waals surface area contributed by atoms with Crippen LogP contribution in [0.15, 0.2) is 41.0 Å². The van der Waals surface area contributed by atoms with Crippen LogP contribution in [0.2, 0.25) is 0 Å². The number of aromatic nitrogens is 1. The molecule has 3 heteroatoms. The molecule has 0 saturated heterocycles. The third-order valence-corrected chi connectivity index (χ3v) is 4.13. The largest absolute Gasteiger partial charge is 0.364 e. The molecule has 1 aromatic carbocycles. The molecular weight excluding hydrogens is 300 g/mol. The zero-order chi connectivity index (χ0) is 13.8. The highest BCUT2D eigenvalue weighted by atomic mass is 79.9. The fourth-order valence-electron chi connectivity index (χ4n) is 1.97. The van der Waals surface area contributed by atoms with Gasteiger partial charge >= 0.3 is 0 Å². The van der Waals surface area contributed by atoms with E-state index in [0.717, 1.165) is 16.7 Å². The first kappa shape index (κ1) is 14.1. The van der Waals surface area contributed by atoms with Gasteiger partial charge in [-0.15, -0.1) is 0 Å². The van der Waals surface area contributed by atoms with Crippen LogP contribution in [0, 0.1) is 6.92 Å². The maximum absolute atomic E-state index is 4.38. The van der Waals surface area contributed by atoms with Crippen molar-refractivity contribution in [2.75, 3.05) is 5.32 Å². The maximum Gasteiger partial charge on any atom is 0.126 e. The predicted octanol–water partition coefficient (Wildman–Crippen LogP) is 4.89. The molecule has 1 atom stereocenters. The van der Waals surface area contributed by atoms with Gasteiger partial charge in [-0.3, -0.25) is 0 Å². The number of hydrogen-bond donors (Lipinski definition) is 1. The SMILES string of the molecule is CCc1ccc(C(C)Nc2cc(C)c(Br)cn2)cc1. The van der Waals surface area contributed by atoms with Crippen molar-refractivity contribution in [2.24, 2.45) is 0 Å². The van der Waals surface area contributed by atoms with Gasteiger partial charge < -0.3 is 5.32 Å². The van der Waals surface area contributed by atoms with Crippen molar-refractivity contribution in [2.45, 2.75) is 33.2 Å². The third-order valence-electron chi connectivity index (χ3n) is 3.30. The van der Waals surface area contributed by atoms with E-state index in [0.29, 0.717) is 0 Å². The molecule has 19 heavy (non-hydrogen) atoms. The van der Waals surface area contributed by atoms with Crippen molar-refractivity contribution in [3.05, 3.63) is 57.7 Å². The number of halogens is 1. The number of rotatable bonds is 4. The van der Waals surface area contributed by atoms with Gasteiger partial charge in [0, 0.05) is 16.7 Å². The lowest BCUT2D eigenvalue weighted by molar-refractivity contribution is 0.872. The number of anilines is 1. The van der Waals surface area contributed by atoms with Crippen LogP contribution in [-0.2, 0) is 6.42 Å². The summed E-state index contributed by atoms with van der Waals surface area (Å²) < 4.78 is 1.04. The Kier molecular flexibility index (Phi) is 4.59. The molecule has 0 spiro atoms. The Morgan fingerprint density at radius 3 is 2.53 bits per heavy atom. The van der Waals surface area contributed by atoms with Crippen LogP contribution in [0.1, 0.15) is 36.6 Å². The first-order valence-corrected chi connectivity index (χ1v) is 7.37. The minimum absolute atomic E-state index is 0.249. The molecule has 100 valence electrons. The monoisotopic (exact) mass is 318 g/mol. The van der Waals surface area contributed by atoms with E-state index in [1.54, 1.807) is 0 Å². The van der Waals surface area contributed by atoms with E-state index in [1.807, 2.05) is 6.20 Å². The Balaban J connectivity index is 2.10. The predicted molar refractivity (Wildman–Crippen MR) is 84.5 cm³/mol. The summed E-state index contributed by atoms with van der Waals surface area (Å²) in [6, 6.07) is 11.0. The molecule has 0 aliphatic rings. The van der Waals surface area contributed by atoms with E-state index in [1.165, 1.54) is 16.7 Å². The number of hydrogen-bond acceptors (Lipinski definition) is 2. The molecular formula is C16H19BrN2. The number of nitrogens with zero attached hydrogens (tertiary/aromatic N) is 1. The fraction of sp³-hybridized carbons (Fsp3) is 0.312. The maximum atomic E-state index is 4.38. The molecule has 0 amide bonds. The van der Waals surface area contributed by atoms with Crippen LogP contribution in [0.5, 0.6) is 0 Å². The van der Waals surface area contributed by atoms with Crippen LogP contribution in [-0.4, -0.2) is 4.98 Å². The third kappa shape index (κ3) is 3.57. The van der Waals surface area contributed by atoms with Gasteiger partial charge in [0.2, 0.25) is 0 Å². The zero-order valence-electron chi connectivity index (χ0n) is 11.6. The van der Waals surface area contributed by atoms with Gasteiger partial charge in [-0.05, 0) is 59.0 Å². The van der Waals surface area contributed by atoms with Gasteiger partial charge in [0.25, 0.3) is 0 Å². The van der Waals surface area contributed by atoms with Gasteiger partial charge in [0.05, 0.1) is 0 Å². The molecule has 2 nitrogen and oxygen atoms in total. The molecule has 1 aromatic heterocycles. The highest BCUT2D eigenvalue weighted by Crippen LogP contribution is 2.22. The van der Waals surface area contributed by atoms with Crippen LogP contribution in [0.4, 0.5) is 5.82 Å². The van der Waals surface area contributed by atoms with E-state index in [9.17, 15) is 0 Å². The summed E-state index contributed by atoms with van der Waals surface area (Å²) in [6.07, 6.45) is 2.92. The van der Waals surface area contributed by atoms with E-state index >= 15 is 0 Å². The Labute approximate surface area is 123 Å². The minimum atomic E-state index is 0.249. The first-order valence-electron chi connectivity index (χ1n) is 6.57. The first-order chi connectivity index (χ1) is 9.10. The second-order valence-electron chi connectivity index (χ2n) is 4.78. The molecule has 2 rings (SSSR count). The summed E-state index contributed by atoms with van der Waals surface area (Å²) in [5.74, 6) is 0.910. The highest BCUT2D eigenvalue weighted by molar-refractivity contribution is 9.10. The summed E-state index contributed by atoms with van der Waals surface area (Å²) in [4.78, 5) is 4.38. The number of nitrogens with one attached hydrogen (secondary N) is 1. The number of aryl methyl sites for hydroxylation is 2. The molecule has 0 bridgehead atoms. The number of pyridine rings is 1. The summed E-state index contributed by atoms with van der Waals surface area (Å²) in [5.41, 5.74) is 3.83. The van der Waals surface area contributed by atoms with Gasteiger partial charge in [-0.1, -0.05) is 31.2 Å². The van der Waals surface area contributed by atoms with Gasteiger partial charge in [0.15, 0.2) is 0 Å². The summed E-state index contributed by atoms with van der Waals surface area (Å²) >= 11 is 3.47. The number of benzene rings is 1. The summed E-state index contributed by atoms with van der Waals surface area (Å²) in [5, 5.41) is 3.43. The molecule has 1 unspecified atom stereocenters. The van der Waals surface area contributed by atoms with Gasteiger partial charge in [-0.2, -0.15) is 0 Å². The lowest BCUT2D eigenvalue weighted by Crippen LogP contribution is -2.08. The Bertz CT molecular complexity index is 549. The Hall–Kier alpha value is -1.35. The van der Waals surface area contributed by atoms with E-state index in [-0.39, 0.29) is 6.04 Å². The molecule has 1 N–H and O–H groups in total. The second kappa shape index (κ2) is 6.20. The highest BCUT2D eigenvalue weighted by Gasteiger charge is 2.06. The van der Waals surface area contributed by atoms with Crippen molar-refractivity contribution >= 4 is 21.7 Å². The quantitative estimate of drug-likeness (QED) is 0.868. The van der Waals surface area contributed by atoms with Crippen LogP contribution in [0.3, 0.4) is 0 Å². The molecule has 0 radical (unpaired) electrons. The Morgan fingerprint density at radius 1 is 1.26 bits per heavy atom. The fourth-order valence-corrected chi connectivity index (χ4v) is 2.18. The molecule has 0 fully saturated rings. The van der Waals surface area contributed by atoms with E-state index < -0.39 is 0 Å². The van der Waals surface area contributed by atoms with Crippen molar-refractivity contribution in [1.29, 1.82) is 0 Å². The van der Waals surface area contributed by atoms with Crippen molar-refractivity contribution in [3.63, 3.8) is 0 Å². The van der Waals surface area contributed by atoms with Gasteiger partial charge in [0.1, 0.15) is 5.82 Å². The topological polar surface area (TPSA) is 24.9 Å². The molecule has 1 heterocycles. The van der Waals surface area contributed by atoms with Crippen molar-refractivity contribution in [1.82, 2.24) is 4.98 Å². The average Bonchev–Trinajstić information content (AvgIpc) is 2.43. The Morgan fingerprint density at radius 2 is 1.95 bits per heavy atom. The van der Waals surface area contributed by atoms with Crippen LogP contribution in [0.25, 0.3) is 0 Å². The van der Waals surface area contributed by atoms with Crippen molar-refractivity contribution in [3.8, 4) is 0 Å². The molecule has 0 aliphatic heterocycles. The average molecular weight is 319 g/mol. The minimum Gasteiger partial charge on any atom is -0.364 e. The lowest BCUT2D eigenvalue weighted by Gasteiger charge is -2.16. The van der Waals surface area contributed by atoms with E-state index in [4.69, 9.17) is 0 Å². The summed E-state index contributed by atoms with van der Waals surface area (Å²) in [6.45, 7) is 6.39. The van der Waals surface area contributed by atoms with Crippen LogP contribution >= 0.6 is 15.9 Å². The smallest absolute Gasteiger partial charge is 0.126 e.